The van der Waals surface area contributed by atoms with Gasteiger partial charge in [0.15, 0.2) is 0 Å². The number of aryl methyl sites for hydroxylation is 1. The molecule has 2 aromatic rings. The second kappa shape index (κ2) is 2.96. The van der Waals surface area contributed by atoms with E-state index in [4.69, 9.17) is 4.42 Å². The molecule has 0 unspecified atom stereocenters. The summed E-state index contributed by atoms with van der Waals surface area (Å²) in [6, 6.07) is 0. The van der Waals surface area contributed by atoms with Gasteiger partial charge in [0.2, 0.25) is 0 Å². The Balaban J connectivity index is 2.75. The summed E-state index contributed by atoms with van der Waals surface area (Å²) in [7, 11) is 0. The number of rotatable bonds is 1. The predicted octanol–water partition coefficient (Wildman–Crippen LogP) is -2.19. The van der Waals surface area contributed by atoms with Crippen LogP contribution in [0.15, 0.2) is 10.8 Å². The predicted molar refractivity (Wildman–Crippen MR) is 39.0 cm³/mol. The Morgan fingerprint density at radius 2 is 2.25 bits per heavy atom. The first-order chi connectivity index (χ1) is 5.81. The normalized spacial score (nSPS) is 11.2. The van der Waals surface area contributed by atoms with Gasteiger partial charge in [0.1, 0.15) is 0 Å². The van der Waals surface area contributed by atoms with Gasteiger partial charge in [-0.05, 0) is 0 Å². The standard InChI is InChI=1S/C7H7IN3O/c1-4-5-6(12-3-9-5)11-7(8-2)10-4/h3H,1-2H3/q-1. The van der Waals surface area contributed by atoms with E-state index in [2.05, 4.69) is 19.9 Å². The van der Waals surface area contributed by atoms with Gasteiger partial charge in [-0.3, -0.25) is 0 Å². The SMILES string of the molecule is C[I-]c1nc(C)c2ncoc2n1. The van der Waals surface area contributed by atoms with Crippen molar-refractivity contribution in [3.63, 3.8) is 0 Å². The molecule has 0 N–H and O–H groups in total. The van der Waals surface area contributed by atoms with Crippen molar-refractivity contribution < 1.29 is 25.6 Å². The summed E-state index contributed by atoms with van der Waals surface area (Å²) >= 11 is -0.0731. The van der Waals surface area contributed by atoms with E-state index in [0.29, 0.717) is 5.71 Å². The molecule has 0 radical (unpaired) electrons. The van der Waals surface area contributed by atoms with E-state index in [0.717, 1.165) is 15.0 Å². The number of halogens is 1. The van der Waals surface area contributed by atoms with Crippen LogP contribution in [0.3, 0.4) is 0 Å². The molecular weight excluding hydrogens is 269 g/mol. The van der Waals surface area contributed by atoms with E-state index in [-0.39, 0.29) is 21.2 Å². The maximum absolute atomic E-state index is 5.10. The minimum absolute atomic E-state index is 0.0731. The first-order valence-electron chi connectivity index (χ1n) is 3.38. The van der Waals surface area contributed by atoms with Crippen LogP contribution in [0.4, 0.5) is 0 Å². The molecule has 4 nitrogen and oxygen atoms in total. The average molecular weight is 276 g/mol. The van der Waals surface area contributed by atoms with Crippen LogP contribution in [-0.2, 0) is 0 Å². The molecule has 2 rings (SSSR count). The third kappa shape index (κ3) is 1.17. The second-order valence-electron chi connectivity index (χ2n) is 2.27. The van der Waals surface area contributed by atoms with Gasteiger partial charge in [-0.25, -0.2) is 0 Å². The van der Waals surface area contributed by atoms with Crippen molar-refractivity contribution in [1.82, 2.24) is 15.0 Å². The Bertz CT molecular complexity index is 412. The van der Waals surface area contributed by atoms with Gasteiger partial charge >= 0.3 is 79.6 Å². The second-order valence-corrected chi connectivity index (χ2v) is 4.32. The molecule has 64 valence electrons. The van der Waals surface area contributed by atoms with Gasteiger partial charge in [-0.1, -0.05) is 0 Å². The molecule has 0 aliphatic carbocycles. The van der Waals surface area contributed by atoms with Gasteiger partial charge < -0.3 is 0 Å². The molecule has 2 heterocycles. The number of aromatic nitrogens is 3. The molecule has 0 aromatic carbocycles. The molecule has 0 amide bonds. The zero-order valence-electron chi connectivity index (χ0n) is 6.71. The van der Waals surface area contributed by atoms with E-state index in [1.807, 2.05) is 6.92 Å². The van der Waals surface area contributed by atoms with Crippen LogP contribution in [-0.4, -0.2) is 19.9 Å². The van der Waals surface area contributed by atoms with E-state index >= 15 is 0 Å². The molecule has 0 spiro atoms. The zero-order chi connectivity index (χ0) is 8.55. The minimum atomic E-state index is -0.0731. The molecule has 0 aliphatic rings. The summed E-state index contributed by atoms with van der Waals surface area (Å²) in [6.07, 6.45) is 1.41. The summed E-state index contributed by atoms with van der Waals surface area (Å²) in [4.78, 5) is 14.7. The molecule has 5 heteroatoms. The van der Waals surface area contributed by atoms with Crippen molar-refractivity contribution in [3.05, 3.63) is 15.9 Å². The topological polar surface area (TPSA) is 51.8 Å². The fraction of sp³-hybridized carbons (Fsp3) is 0.286. The van der Waals surface area contributed by atoms with Gasteiger partial charge in [-0.15, -0.1) is 0 Å². The third-order valence-corrected chi connectivity index (χ3v) is 2.96. The van der Waals surface area contributed by atoms with Crippen molar-refractivity contribution >= 4 is 11.2 Å². The van der Waals surface area contributed by atoms with Crippen molar-refractivity contribution in [3.8, 4) is 0 Å². The van der Waals surface area contributed by atoms with Crippen LogP contribution < -0.4 is 21.2 Å². The van der Waals surface area contributed by atoms with Crippen LogP contribution >= 0.6 is 0 Å². The molecule has 0 atom stereocenters. The van der Waals surface area contributed by atoms with E-state index in [1.165, 1.54) is 6.39 Å². The Labute approximate surface area is 79.7 Å². The summed E-state index contributed by atoms with van der Waals surface area (Å²) in [5.41, 5.74) is 2.29. The van der Waals surface area contributed by atoms with Crippen molar-refractivity contribution in [2.24, 2.45) is 0 Å². The van der Waals surface area contributed by atoms with Gasteiger partial charge in [-0.2, -0.15) is 0 Å². The van der Waals surface area contributed by atoms with Crippen LogP contribution in [0, 0.1) is 10.8 Å². The average Bonchev–Trinajstić information content (AvgIpc) is 2.52. The van der Waals surface area contributed by atoms with E-state index < -0.39 is 0 Å². The third-order valence-electron chi connectivity index (χ3n) is 1.51. The summed E-state index contributed by atoms with van der Waals surface area (Å²) < 4.78 is 6.01. The van der Waals surface area contributed by atoms with E-state index in [9.17, 15) is 0 Å². The molecule has 0 saturated carbocycles. The fourth-order valence-corrected chi connectivity index (χ4v) is 2.02. The monoisotopic (exact) mass is 276 g/mol. The Morgan fingerprint density at radius 3 is 3.00 bits per heavy atom. The van der Waals surface area contributed by atoms with Crippen LogP contribution in [0.2, 0.25) is 0 Å². The summed E-state index contributed by atoms with van der Waals surface area (Å²) in [5, 5.41) is 0. The van der Waals surface area contributed by atoms with Crippen molar-refractivity contribution in [2.45, 2.75) is 6.92 Å². The number of fused-ring (bicyclic) bond motifs is 1. The molecule has 2 aromatic heterocycles. The van der Waals surface area contributed by atoms with Crippen LogP contribution in [0.1, 0.15) is 5.69 Å². The fourth-order valence-electron chi connectivity index (χ4n) is 0.952. The first-order valence-corrected chi connectivity index (χ1v) is 6.62. The molecular formula is C7H7IN3O-. The van der Waals surface area contributed by atoms with Crippen molar-refractivity contribution in [1.29, 1.82) is 0 Å². The summed E-state index contributed by atoms with van der Waals surface area (Å²) in [5.74, 6) is 0. The Hall–Kier alpha value is -0.720. The van der Waals surface area contributed by atoms with Gasteiger partial charge in [0, 0.05) is 0 Å². The zero-order valence-corrected chi connectivity index (χ0v) is 8.86. The summed E-state index contributed by atoms with van der Waals surface area (Å²) in [6.45, 7) is 1.93. The van der Waals surface area contributed by atoms with Gasteiger partial charge in [0.05, 0.1) is 0 Å². The number of alkyl halides is 1. The number of oxazole rings is 1. The van der Waals surface area contributed by atoms with Crippen molar-refractivity contribution in [2.75, 3.05) is 4.93 Å². The quantitative estimate of drug-likeness (QED) is 0.337. The molecule has 0 bridgehead atoms. The number of hydrogen-bond donors (Lipinski definition) is 0. The molecule has 0 fully saturated rings. The Kier molecular flexibility index (Phi) is 1.95. The Morgan fingerprint density at radius 1 is 1.42 bits per heavy atom. The van der Waals surface area contributed by atoms with Crippen LogP contribution in [0.25, 0.3) is 11.2 Å². The van der Waals surface area contributed by atoms with Gasteiger partial charge in [0.25, 0.3) is 0 Å². The molecule has 0 aliphatic heterocycles. The number of hydrogen-bond acceptors (Lipinski definition) is 4. The molecule has 12 heavy (non-hydrogen) atoms. The maximum atomic E-state index is 5.10. The van der Waals surface area contributed by atoms with Crippen LogP contribution in [0.5, 0.6) is 0 Å². The molecule has 0 saturated heterocycles. The van der Waals surface area contributed by atoms with E-state index in [1.54, 1.807) is 0 Å². The number of nitrogens with zero attached hydrogens (tertiary/aromatic N) is 3. The first kappa shape index (κ1) is 7.90.